The van der Waals surface area contributed by atoms with Gasteiger partial charge in [-0.25, -0.2) is 13.1 Å². The second-order valence-corrected chi connectivity index (χ2v) is 6.72. The van der Waals surface area contributed by atoms with Crippen molar-refractivity contribution >= 4 is 10.0 Å². The van der Waals surface area contributed by atoms with Gasteiger partial charge in [-0.05, 0) is 25.8 Å². The summed E-state index contributed by atoms with van der Waals surface area (Å²) in [5.74, 6) is 0.713. The maximum atomic E-state index is 12.2. The Labute approximate surface area is 114 Å². The van der Waals surface area contributed by atoms with Crippen LogP contribution in [0.4, 0.5) is 0 Å². The molecule has 0 amide bonds. The van der Waals surface area contributed by atoms with E-state index in [0.717, 1.165) is 24.2 Å². The molecule has 0 bridgehead atoms. The molecule has 6 nitrogen and oxygen atoms in total. The van der Waals surface area contributed by atoms with Crippen LogP contribution in [0.1, 0.15) is 37.4 Å². The van der Waals surface area contributed by atoms with Crippen molar-refractivity contribution in [2.45, 2.75) is 44.7 Å². The summed E-state index contributed by atoms with van der Waals surface area (Å²) in [5, 5.41) is 9.96. The van der Waals surface area contributed by atoms with Crippen LogP contribution in [0.15, 0.2) is 5.03 Å². The van der Waals surface area contributed by atoms with Crippen molar-refractivity contribution in [3.8, 4) is 0 Å². The van der Waals surface area contributed by atoms with Gasteiger partial charge in [0.05, 0.1) is 0 Å². The minimum Gasteiger partial charge on any atom is -0.313 e. The van der Waals surface area contributed by atoms with E-state index in [1.807, 2.05) is 13.8 Å². The first-order chi connectivity index (χ1) is 9.04. The van der Waals surface area contributed by atoms with Gasteiger partial charge in [0.1, 0.15) is 0 Å². The van der Waals surface area contributed by atoms with Gasteiger partial charge in [-0.15, -0.1) is 0 Å². The molecule has 0 atom stereocenters. The lowest BCUT2D eigenvalue weighted by atomic mass is 10.2. The van der Waals surface area contributed by atoms with Crippen LogP contribution in [0, 0.1) is 12.8 Å². The molecular formula is C12H22N4O2S. The van der Waals surface area contributed by atoms with E-state index >= 15 is 0 Å². The topological polar surface area (TPSA) is 86.9 Å². The Bertz CT molecular complexity index is 520. The standard InChI is InChI=1S/C12H22N4O2S/c1-3-13-8-11-9(2)15-16-12(11)19(17,18)14-7-6-10-4-5-10/h10,13-14H,3-8H2,1-2H3,(H,15,16). The van der Waals surface area contributed by atoms with Gasteiger partial charge >= 0.3 is 0 Å². The van der Waals surface area contributed by atoms with E-state index in [4.69, 9.17) is 0 Å². The van der Waals surface area contributed by atoms with Gasteiger partial charge in [0.25, 0.3) is 10.0 Å². The predicted octanol–water partition coefficient (Wildman–Crippen LogP) is 0.906. The highest BCUT2D eigenvalue weighted by Gasteiger charge is 2.25. The molecule has 0 radical (unpaired) electrons. The normalized spacial score (nSPS) is 15.9. The molecule has 0 aromatic carbocycles. The summed E-state index contributed by atoms with van der Waals surface area (Å²) in [6.07, 6.45) is 3.38. The Morgan fingerprint density at radius 3 is 2.79 bits per heavy atom. The zero-order valence-corrected chi connectivity index (χ0v) is 12.3. The Morgan fingerprint density at radius 2 is 2.16 bits per heavy atom. The third-order valence-corrected chi connectivity index (χ3v) is 4.81. The molecule has 1 aromatic rings. The smallest absolute Gasteiger partial charge is 0.260 e. The summed E-state index contributed by atoms with van der Waals surface area (Å²) in [5.41, 5.74) is 1.52. The number of H-pyrrole nitrogens is 1. The number of rotatable bonds is 8. The fourth-order valence-electron chi connectivity index (χ4n) is 1.98. The minimum atomic E-state index is -3.50. The molecule has 0 aliphatic heterocycles. The molecule has 0 unspecified atom stereocenters. The van der Waals surface area contributed by atoms with Crippen molar-refractivity contribution < 1.29 is 8.42 Å². The van der Waals surface area contributed by atoms with E-state index < -0.39 is 10.0 Å². The second kappa shape index (κ2) is 6.02. The van der Waals surface area contributed by atoms with Gasteiger partial charge in [0.15, 0.2) is 5.03 Å². The predicted molar refractivity (Wildman–Crippen MR) is 73.2 cm³/mol. The number of hydrogen-bond acceptors (Lipinski definition) is 4. The number of hydrogen-bond donors (Lipinski definition) is 3. The quantitative estimate of drug-likeness (QED) is 0.663. The highest BCUT2D eigenvalue weighted by atomic mass is 32.2. The molecule has 3 N–H and O–H groups in total. The molecule has 1 saturated carbocycles. The average molecular weight is 286 g/mol. The van der Waals surface area contributed by atoms with Crippen molar-refractivity contribution in [1.29, 1.82) is 0 Å². The molecule has 1 aromatic heterocycles. The highest BCUT2D eigenvalue weighted by molar-refractivity contribution is 7.89. The molecule has 7 heteroatoms. The first kappa shape index (κ1) is 14.5. The van der Waals surface area contributed by atoms with E-state index in [1.54, 1.807) is 0 Å². The fourth-order valence-corrected chi connectivity index (χ4v) is 3.22. The highest BCUT2D eigenvalue weighted by Crippen LogP contribution is 2.31. The molecule has 19 heavy (non-hydrogen) atoms. The maximum Gasteiger partial charge on any atom is 0.260 e. The lowest BCUT2D eigenvalue weighted by Gasteiger charge is -2.07. The van der Waals surface area contributed by atoms with E-state index in [1.165, 1.54) is 12.8 Å². The summed E-state index contributed by atoms with van der Waals surface area (Å²) in [7, 11) is -3.50. The molecular weight excluding hydrogens is 264 g/mol. The van der Waals surface area contributed by atoms with Gasteiger partial charge in [-0.3, -0.25) is 5.10 Å². The van der Waals surface area contributed by atoms with E-state index in [9.17, 15) is 8.42 Å². The molecule has 1 fully saturated rings. The number of nitrogens with zero attached hydrogens (tertiary/aromatic N) is 1. The minimum absolute atomic E-state index is 0.127. The zero-order chi connectivity index (χ0) is 13.9. The summed E-state index contributed by atoms with van der Waals surface area (Å²) in [6, 6.07) is 0. The van der Waals surface area contributed by atoms with Gasteiger partial charge in [0.2, 0.25) is 0 Å². The molecule has 0 saturated heterocycles. The van der Waals surface area contributed by atoms with Crippen molar-refractivity contribution in [1.82, 2.24) is 20.2 Å². The first-order valence-corrected chi connectivity index (χ1v) is 8.27. The van der Waals surface area contributed by atoms with Crippen LogP contribution < -0.4 is 10.0 Å². The molecule has 0 spiro atoms. The molecule has 2 rings (SSSR count). The van der Waals surface area contributed by atoms with Crippen LogP contribution in [0.5, 0.6) is 0 Å². The zero-order valence-electron chi connectivity index (χ0n) is 11.5. The monoisotopic (exact) mass is 286 g/mol. The molecule has 108 valence electrons. The van der Waals surface area contributed by atoms with Crippen molar-refractivity contribution in [2.75, 3.05) is 13.1 Å². The summed E-state index contributed by atoms with van der Waals surface area (Å²) >= 11 is 0. The average Bonchev–Trinajstić information content (AvgIpc) is 3.09. The number of nitrogens with one attached hydrogen (secondary N) is 3. The van der Waals surface area contributed by atoms with E-state index in [0.29, 0.717) is 19.0 Å². The number of aryl methyl sites for hydroxylation is 1. The molecule has 1 heterocycles. The SMILES string of the molecule is CCNCc1c(S(=O)(=O)NCCC2CC2)n[nH]c1C. The van der Waals surface area contributed by atoms with Crippen molar-refractivity contribution in [2.24, 2.45) is 5.92 Å². The van der Waals surface area contributed by atoms with Crippen LogP contribution in [0.2, 0.25) is 0 Å². The Balaban J connectivity index is 2.05. The number of aromatic amines is 1. The van der Waals surface area contributed by atoms with Crippen LogP contribution >= 0.6 is 0 Å². The van der Waals surface area contributed by atoms with Crippen LogP contribution in [0.3, 0.4) is 0 Å². The Morgan fingerprint density at radius 1 is 1.42 bits per heavy atom. The largest absolute Gasteiger partial charge is 0.313 e. The third kappa shape index (κ3) is 3.77. The van der Waals surface area contributed by atoms with Crippen molar-refractivity contribution in [3.63, 3.8) is 0 Å². The van der Waals surface area contributed by atoms with Gasteiger partial charge < -0.3 is 5.32 Å². The first-order valence-electron chi connectivity index (χ1n) is 6.78. The van der Waals surface area contributed by atoms with Gasteiger partial charge in [-0.2, -0.15) is 5.10 Å². The number of sulfonamides is 1. The molecule has 1 aliphatic rings. The summed E-state index contributed by atoms with van der Waals surface area (Å²) in [4.78, 5) is 0. The number of aromatic nitrogens is 2. The van der Waals surface area contributed by atoms with Gasteiger partial charge in [-0.1, -0.05) is 19.8 Å². The Kier molecular flexibility index (Phi) is 4.59. The van der Waals surface area contributed by atoms with E-state index in [-0.39, 0.29) is 5.03 Å². The van der Waals surface area contributed by atoms with E-state index in [2.05, 4.69) is 20.2 Å². The van der Waals surface area contributed by atoms with Crippen LogP contribution in [-0.4, -0.2) is 31.7 Å². The maximum absolute atomic E-state index is 12.2. The van der Waals surface area contributed by atoms with Crippen LogP contribution in [0.25, 0.3) is 0 Å². The van der Waals surface area contributed by atoms with Crippen LogP contribution in [-0.2, 0) is 16.6 Å². The molecule has 1 aliphatic carbocycles. The van der Waals surface area contributed by atoms with Crippen molar-refractivity contribution in [3.05, 3.63) is 11.3 Å². The summed E-state index contributed by atoms with van der Waals surface area (Å²) in [6.45, 7) is 5.62. The lowest BCUT2D eigenvalue weighted by molar-refractivity contribution is 0.568. The Hall–Kier alpha value is -0.920. The lowest BCUT2D eigenvalue weighted by Crippen LogP contribution is -2.27. The third-order valence-electron chi connectivity index (χ3n) is 3.38. The second-order valence-electron chi connectivity index (χ2n) is 5.04. The summed E-state index contributed by atoms with van der Waals surface area (Å²) < 4.78 is 27.1. The fraction of sp³-hybridized carbons (Fsp3) is 0.750. The van der Waals surface area contributed by atoms with Gasteiger partial charge in [0, 0.05) is 24.3 Å².